The van der Waals surface area contributed by atoms with Gasteiger partial charge < -0.3 is 19.8 Å². The second-order valence-electron chi connectivity index (χ2n) is 17.1. The van der Waals surface area contributed by atoms with Crippen molar-refractivity contribution < 1.29 is 32.9 Å². The third kappa shape index (κ3) is 42.3. The lowest BCUT2D eigenvalue weighted by Gasteiger charge is -2.25. The smallest absolute Gasteiger partial charge is 0.387 e. The predicted molar refractivity (Wildman–Crippen MR) is 249 cm³/mol. The van der Waals surface area contributed by atoms with Crippen molar-refractivity contribution in [2.75, 3.05) is 40.9 Å². The highest BCUT2D eigenvalue weighted by Crippen LogP contribution is 2.43. The summed E-state index contributed by atoms with van der Waals surface area (Å²) in [5, 5.41) is 13.8. The maximum Gasteiger partial charge on any atom is 0.472 e. The van der Waals surface area contributed by atoms with E-state index in [-0.39, 0.29) is 25.5 Å². The fourth-order valence-electron chi connectivity index (χ4n) is 6.44. The minimum absolute atomic E-state index is 0.0491. The van der Waals surface area contributed by atoms with Gasteiger partial charge in [0.1, 0.15) is 13.2 Å². The number of phosphoric ester groups is 1. The first-order chi connectivity index (χ1) is 28.0. The Bertz CT molecular complexity index is 1130. The minimum atomic E-state index is -4.36. The Hall–Kier alpha value is -1.80. The van der Waals surface area contributed by atoms with Crippen LogP contribution in [0, 0.1) is 0 Å². The van der Waals surface area contributed by atoms with Crippen molar-refractivity contribution in [2.45, 2.75) is 206 Å². The lowest BCUT2D eigenvalue weighted by molar-refractivity contribution is -0.870. The van der Waals surface area contributed by atoms with E-state index in [1.54, 1.807) is 6.08 Å². The second-order valence-corrected chi connectivity index (χ2v) is 18.6. The second kappa shape index (κ2) is 40.6. The standard InChI is InChI=1S/C49H91N2O6P/c1-6-8-10-12-14-16-18-20-22-23-24-25-26-27-29-31-33-35-37-39-41-43-49(53)50-47(46-57-58(54,55)56-45-44-51(3,4)5)48(52)42-40-38-36-34-32-30-28-21-19-17-15-13-11-9-7-2/h22-23,25-26,29,31,35,37,40,42,47-48,52H,6-21,24,27-28,30,32-34,36,38-39,41,43-46H2,1-5H3,(H-,50,53,54,55)/p+1/b23-22+,26-25+,31-29+,37-35+,42-40+/t47-,48+/m0/s1. The third-order valence-corrected chi connectivity index (χ3v) is 11.2. The quantitative estimate of drug-likeness (QED) is 0.0245. The van der Waals surface area contributed by atoms with Gasteiger partial charge in [0.05, 0.1) is 39.9 Å². The number of quaternary nitrogens is 1. The van der Waals surface area contributed by atoms with E-state index in [0.29, 0.717) is 17.4 Å². The molecule has 1 unspecified atom stereocenters. The van der Waals surface area contributed by atoms with Crippen LogP contribution in [0.4, 0.5) is 0 Å². The van der Waals surface area contributed by atoms with E-state index in [2.05, 4.69) is 67.8 Å². The Morgan fingerprint density at radius 2 is 0.983 bits per heavy atom. The van der Waals surface area contributed by atoms with Gasteiger partial charge in [-0.15, -0.1) is 0 Å². The number of allylic oxidation sites excluding steroid dienone is 9. The van der Waals surface area contributed by atoms with Crippen LogP contribution in [0.1, 0.15) is 194 Å². The lowest BCUT2D eigenvalue weighted by atomic mass is 10.0. The van der Waals surface area contributed by atoms with Crippen LogP contribution >= 0.6 is 7.82 Å². The van der Waals surface area contributed by atoms with Gasteiger partial charge in [0.2, 0.25) is 5.91 Å². The highest BCUT2D eigenvalue weighted by atomic mass is 31.2. The first-order valence-electron chi connectivity index (χ1n) is 23.7. The van der Waals surface area contributed by atoms with Crippen molar-refractivity contribution in [1.29, 1.82) is 0 Å². The molecule has 0 aromatic carbocycles. The Morgan fingerprint density at radius 1 is 0.586 bits per heavy atom. The predicted octanol–water partition coefficient (Wildman–Crippen LogP) is 13.4. The van der Waals surface area contributed by atoms with Gasteiger partial charge in [-0.1, -0.05) is 190 Å². The Morgan fingerprint density at radius 3 is 1.43 bits per heavy atom. The Balaban J connectivity index is 4.49. The molecule has 338 valence electrons. The molecule has 0 spiro atoms. The van der Waals surface area contributed by atoms with Crippen molar-refractivity contribution in [3.63, 3.8) is 0 Å². The molecule has 0 aliphatic heterocycles. The number of rotatable bonds is 42. The average molecular weight is 836 g/mol. The van der Waals surface area contributed by atoms with Gasteiger partial charge in [-0.05, 0) is 57.8 Å². The van der Waals surface area contributed by atoms with Crippen LogP contribution in [-0.2, 0) is 18.4 Å². The van der Waals surface area contributed by atoms with E-state index in [0.717, 1.165) is 44.9 Å². The molecule has 0 rings (SSSR count). The number of aliphatic hydroxyl groups excluding tert-OH is 1. The van der Waals surface area contributed by atoms with Gasteiger partial charge in [-0.2, -0.15) is 0 Å². The molecule has 0 aromatic rings. The summed E-state index contributed by atoms with van der Waals surface area (Å²) >= 11 is 0. The number of carbonyl (C=O) groups excluding carboxylic acids is 1. The molecule has 0 heterocycles. The average Bonchev–Trinajstić information content (AvgIpc) is 3.17. The van der Waals surface area contributed by atoms with Crippen molar-refractivity contribution in [2.24, 2.45) is 0 Å². The zero-order valence-corrected chi connectivity index (χ0v) is 39.2. The molecule has 3 N–H and O–H groups in total. The molecular weight excluding hydrogens is 744 g/mol. The molecule has 8 nitrogen and oxygen atoms in total. The summed E-state index contributed by atoms with van der Waals surface area (Å²) in [5.74, 6) is -0.232. The van der Waals surface area contributed by atoms with Crippen molar-refractivity contribution in [1.82, 2.24) is 5.32 Å². The SMILES string of the molecule is CCCCCCCCC/C=C/C/C=C/C/C=C/C/C=C/CCCC(=O)N[C@@H](COP(=O)(O)OCC[N+](C)(C)C)[C@H](O)/C=C/CCCCCCCCCCCCCCC. The number of nitrogens with zero attached hydrogens (tertiary/aromatic N) is 1. The normalized spacial score (nSPS) is 14.8. The van der Waals surface area contributed by atoms with Crippen LogP contribution in [0.2, 0.25) is 0 Å². The van der Waals surface area contributed by atoms with E-state index in [1.165, 1.54) is 122 Å². The molecule has 0 aliphatic rings. The molecule has 0 bridgehead atoms. The van der Waals surface area contributed by atoms with Crippen molar-refractivity contribution in [3.05, 3.63) is 60.8 Å². The summed E-state index contributed by atoms with van der Waals surface area (Å²) in [6, 6.07) is -0.876. The topological polar surface area (TPSA) is 105 Å². The maximum absolute atomic E-state index is 12.9. The van der Waals surface area contributed by atoms with Gasteiger partial charge >= 0.3 is 7.82 Å². The van der Waals surface area contributed by atoms with E-state index in [1.807, 2.05) is 27.2 Å². The largest absolute Gasteiger partial charge is 0.472 e. The van der Waals surface area contributed by atoms with Crippen LogP contribution in [0.3, 0.4) is 0 Å². The summed E-state index contributed by atoms with van der Waals surface area (Å²) in [6.45, 7) is 4.76. The van der Waals surface area contributed by atoms with Gasteiger partial charge in [-0.25, -0.2) is 4.57 Å². The summed E-state index contributed by atoms with van der Waals surface area (Å²) in [6.07, 6.45) is 53.0. The monoisotopic (exact) mass is 836 g/mol. The van der Waals surface area contributed by atoms with Crippen LogP contribution in [0.25, 0.3) is 0 Å². The van der Waals surface area contributed by atoms with Crippen molar-refractivity contribution in [3.8, 4) is 0 Å². The Kier molecular flexibility index (Phi) is 39.3. The molecule has 9 heteroatoms. The van der Waals surface area contributed by atoms with E-state index in [4.69, 9.17) is 9.05 Å². The summed E-state index contributed by atoms with van der Waals surface area (Å²) < 4.78 is 23.5. The van der Waals surface area contributed by atoms with Gasteiger partial charge in [0.15, 0.2) is 0 Å². The van der Waals surface area contributed by atoms with Crippen molar-refractivity contribution >= 4 is 13.7 Å². The lowest BCUT2D eigenvalue weighted by Crippen LogP contribution is -2.45. The van der Waals surface area contributed by atoms with E-state index >= 15 is 0 Å². The fourth-order valence-corrected chi connectivity index (χ4v) is 7.18. The molecule has 0 saturated heterocycles. The zero-order chi connectivity index (χ0) is 42.8. The molecule has 0 radical (unpaired) electrons. The molecule has 0 saturated carbocycles. The molecule has 3 atom stereocenters. The summed E-state index contributed by atoms with van der Waals surface area (Å²) in [4.78, 5) is 23.1. The number of amides is 1. The number of hydrogen-bond acceptors (Lipinski definition) is 5. The first kappa shape index (κ1) is 56.2. The molecular formula is C49H92N2O6P+. The highest BCUT2D eigenvalue weighted by molar-refractivity contribution is 7.47. The van der Waals surface area contributed by atoms with E-state index < -0.39 is 20.0 Å². The first-order valence-corrected chi connectivity index (χ1v) is 25.2. The fraction of sp³-hybridized carbons (Fsp3) is 0.776. The number of nitrogens with one attached hydrogen (secondary N) is 1. The van der Waals surface area contributed by atoms with Gasteiger partial charge in [0, 0.05) is 6.42 Å². The highest BCUT2D eigenvalue weighted by Gasteiger charge is 2.27. The van der Waals surface area contributed by atoms with E-state index in [9.17, 15) is 19.4 Å². The third-order valence-electron chi connectivity index (χ3n) is 10.2. The van der Waals surface area contributed by atoms with Crippen LogP contribution in [0.5, 0.6) is 0 Å². The maximum atomic E-state index is 12.9. The number of likely N-dealkylation sites (N-methyl/N-ethyl adjacent to an activating group) is 1. The van der Waals surface area contributed by atoms with Gasteiger partial charge in [-0.3, -0.25) is 13.8 Å². The molecule has 0 aliphatic carbocycles. The minimum Gasteiger partial charge on any atom is -0.387 e. The molecule has 1 amide bonds. The summed E-state index contributed by atoms with van der Waals surface area (Å²) in [5.41, 5.74) is 0. The van der Waals surface area contributed by atoms with Gasteiger partial charge in [0.25, 0.3) is 0 Å². The number of hydrogen-bond donors (Lipinski definition) is 3. The number of carbonyl (C=O) groups is 1. The zero-order valence-electron chi connectivity index (χ0n) is 38.3. The van der Waals surface area contributed by atoms with Crippen LogP contribution in [-0.4, -0.2) is 73.4 Å². The molecule has 58 heavy (non-hydrogen) atoms. The van der Waals surface area contributed by atoms with Crippen LogP contribution < -0.4 is 5.32 Å². The van der Waals surface area contributed by atoms with Crippen LogP contribution in [0.15, 0.2) is 60.8 Å². The number of phosphoric acid groups is 1. The molecule has 0 fully saturated rings. The Labute approximate surface area is 358 Å². The summed E-state index contributed by atoms with van der Waals surface area (Å²) in [7, 11) is 1.53. The number of aliphatic hydroxyl groups is 1. The number of unbranched alkanes of at least 4 members (excludes halogenated alkanes) is 21. The molecule has 0 aromatic heterocycles.